The summed E-state index contributed by atoms with van der Waals surface area (Å²) < 4.78 is 2.46. The number of H-pyrrole nitrogens is 1. The zero-order valence-electron chi connectivity index (χ0n) is 11.0. The molecule has 0 fully saturated rings. The quantitative estimate of drug-likeness (QED) is 0.754. The molecule has 1 aromatic carbocycles. The molecule has 0 saturated carbocycles. The van der Waals surface area contributed by atoms with Crippen LogP contribution < -0.4 is 0 Å². The second kappa shape index (κ2) is 5.69. The topological polar surface area (TPSA) is 70.3 Å². The van der Waals surface area contributed by atoms with Gasteiger partial charge in [0, 0.05) is 18.0 Å². The summed E-state index contributed by atoms with van der Waals surface area (Å²) in [5.41, 5.74) is 2.59. The van der Waals surface area contributed by atoms with E-state index in [0.717, 1.165) is 17.0 Å². The van der Waals surface area contributed by atoms with E-state index in [9.17, 15) is 0 Å². The average Bonchev–Trinajstić information content (AvgIpc) is 2.90. The van der Waals surface area contributed by atoms with E-state index in [1.165, 1.54) is 0 Å². The standard InChI is InChI=1S/C15H11N5S/c16-8-11-3-5-12(6-4-11)10-20-14(18-19-15(20)21)13-2-1-7-17-9-13/h1-7,9H,10H2,(H,19,21). The minimum atomic E-state index is 0.554. The van der Waals surface area contributed by atoms with E-state index in [1.54, 1.807) is 24.5 Å². The summed E-state index contributed by atoms with van der Waals surface area (Å²) in [5.74, 6) is 0.748. The third-order valence-corrected chi connectivity index (χ3v) is 3.41. The molecule has 21 heavy (non-hydrogen) atoms. The molecule has 0 aliphatic rings. The summed E-state index contributed by atoms with van der Waals surface area (Å²) in [6.07, 6.45) is 3.47. The minimum absolute atomic E-state index is 0.554. The monoisotopic (exact) mass is 293 g/mol. The number of hydrogen-bond donors (Lipinski definition) is 1. The largest absolute Gasteiger partial charge is 0.296 e. The van der Waals surface area contributed by atoms with E-state index < -0.39 is 0 Å². The zero-order valence-corrected chi connectivity index (χ0v) is 11.8. The normalized spacial score (nSPS) is 10.2. The highest BCUT2D eigenvalue weighted by atomic mass is 32.1. The van der Waals surface area contributed by atoms with Gasteiger partial charge in [0.15, 0.2) is 10.6 Å². The Morgan fingerprint density at radius 3 is 2.71 bits per heavy atom. The predicted octanol–water partition coefficient (Wildman–Crippen LogP) is 2.92. The molecule has 0 spiro atoms. The molecule has 0 atom stereocenters. The third-order valence-electron chi connectivity index (χ3n) is 3.10. The molecule has 2 heterocycles. The Kier molecular flexibility index (Phi) is 3.58. The number of aromatic nitrogens is 4. The Labute approximate surface area is 126 Å². The van der Waals surface area contributed by atoms with Crippen molar-refractivity contribution in [3.05, 3.63) is 64.7 Å². The maximum atomic E-state index is 8.83. The maximum Gasteiger partial charge on any atom is 0.195 e. The molecule has 0 radical (unpaired) electrons. The lowest BCUT2D eigenvalue weighted by Crippen LogP contribution is -2.02. The fraction of sp³-hybridized carbons (Fsp3) is 0.0667. The SMILES string of the molecule is N#Cc1ccc(Cn2c(-c3cccnc3)n[nH]c2=S)cc1. The van der Waals surface area contributed by atoms with E-state index in [-0.39, 0.29) is 0 Å². The molecule has 0 aliphatic carbocycles. The lowest BCUT2D eigenvalue weighted by Gasteiger charge is -2.07. The van der Waals surface area contributed by atoms with E-state index in [2.05, 4.69) is 21.3 Å². The van der Waals surface area contributed by atoms with Crippen molar-refractivity contribution in [1.82, 2.24) is 19.7 Å². The second-order valence-corrected chi connectivity index (χ2v) is 4.88. The first-order valence-corrected chi connectivity index (χ1v) is 6.73. The summed E-state index contributed by atoms with van der Waals surface area (Å²) >= 11 is 5.29. The first kappa shape index (κ1) is 13.2. The van der Waals surface area contributed by atoms with Crippen molar-refractivity contribution >= 4 is 12.2 Å². The van der Waals surface area contributed by atoms with Gasteiger partial charge in [-0.15, -0.1) is 0 Å². The molecular formula is C15H11N5S. The first-order valence-electron chi connectivity index (χ1n) is 6.32. The molecule has 5 nitrogen and oxygen atoms in total. The van der Waals surface area contributed by atoms with Gasteiger partial charge in [0.1, 0.15) is 0 Å². The van der Waals surface area contributed by atoms with Gasteiger partial charge in [-0.05, 0) is 42.0 Å². The number of nitrogens with one attached hydrogen (secondary N) is 1. The molecule has 0 aliphatic heterocycles. The smallest absolute Gasteiger partial charge is 0.195 e. The predicted molar refractivity (Wildman–Crippen MR) is 80.9 cm³/mol. The van der Waals surface area contributed by atoms with Crippen LogP contribution in [0.1, 0.15) is 11.1 Å². The number of nitrogens with zero attached hydrogens (tertiary/aromatic N) is 4. The lowest BCUT2D eigenvalue weighted by molar-refractivity contribution is 0.790. The Morgan fingerprint density at radius 1 is 1.24 bits per heavy atom. The van der Waals surface area contributed by atoms with Crippen LogP contribution in [0.4, 0.5) is 0 Å². The number of rotatable bonds is 3. The van der Waals surface area contributed by atoms with Gasteiger partial charge in [-0.3, -0.25) is 14.6 Å². The Morgan fingerprint density at radius 2 is 2.05 bits per heavy atom. The number of benzene rings is 1. The maximum absolute atomic E-state index is 8.83. The molecule has 102 valence electrons. The molecule has 2 aromatic heterocycles. The highest BCUT2D eigenvalue weighted by Crippen LogP contribution is 2.17. The van der Waals surface area contributed by atoms with Crippen molar-refractivity contribution in [2.75, 3.05) is 0 Å². The van der Waals surface area contributed by atoms with Crippen LogP contribution >= 0.6 is 12.2 Å². The summed E-state index contributed by atoms with van der Waals surface area (Å²) in [6, 6.07) is 13.3. The van der Waals surface area contributed by atoms with Gasteiger partial charge in [0.05, 0.1) is 18.2 Å². The Bertz CT molecular complexity index is 840. The van der Waals surface area contributed by atoms with Crippen LogP contribution in [0.5, 0.6) is 0 Å². The number of pyridine rings is 1. The van der Waals surface area contributed by atoms with Crippen molar-refractivity contribution in [3.8, 4) is 17.5 Å². The van der Waals surface area contributed by atoms with Gasteiger partial charge < -0.3 is 0 Å². The fourth-order valence-electron chi connectivity index (χ4n) is 2.05. The van der Waals surface area contributed by atoms with Crippen molar-refractivity contribution in [3.63, 3.8) is 0 Å². The van der Waals surface area contributed by atoms with Crippen molar-refractivity contribution < 1.29 is 0 Å². The van der Waals surface area contributed by atoms with Crippen LogP contribution in [-0.4, -0.2) is 19.7 Å². The Balaban J connectivity index is 1.97. The van der Waals surface area contributed by atoms with Gasteiger partial charge in [0.25, 0.3) is 0 Å². The van der Waals surface area contributed by atoms with Crippen LogP contribution in [0.15, 0.2) is 48.8 Å². The highest BCUT2D eigenvalue weighted by Gasteiger charge is 2.09. The van der Waals surface area contributed by atoms with Crippen LogP contribution in [0.2, 0.25) is 0 Å². The van der Waals surface area contributed by atoms with Crippen LogP contribution in [-0.2, 0) is 6.54 Å². The summed E-state index contributed by atoms with van der Waals surface area (Å²) in [4.78, 5) is 4.10. The van der Waals surface area contributed by atoms with Crippen LogP contribution in [0.3, 0.4) is 0 Å². The molecule has 0 amide bonds. The number of aromatic amines is 1. The number of hydrogen-bond acceptors (Lipinski definition) is 4. The van der Waals surface area contributed by atoms with Crippen LogP contribution in [0, 0.1) is 16.1 Å². The second-order valence-electron chi connectivity index (χ2n) is 4.49. The molecule has 3 aromatic rings. The Hall–Kier alpha value is -2.78. The molecule has 0 bridgehead atoms. The lowest BCUT2D eigenvalue weighted by atomic mass is 10.1. The first-order chi connectivity index (χ1) is 10.3. The molecule has 3 rings (SSSR count). The molecule has 0 unspecified atom stereocenters. The van der Waals surface area contributed by atoms with Gasteiger partial charge in [0.2, 0.25) is 0 Å². The van der Waals surface area contributed by atoms with Gasteiger partial charge in [-0.1, -0.05) is 12.1 Å². The summed E-state index contributed by atoms with van der Waals surface area (Å²) in [5, 5.41) is 15.9. The van der Waals surface area contributed by atoms with E-state index >= 15 is 0 Å². The van der Waals surface area contributed by atoms with Crippen molar-refractivity contribution in [2.45, 2.75) is 6.54 Å². The average molecular weight is 293 g/mol. The van der Waals surface area contributed by atoms with Crippen molar-refractivity contribution in [2.24, 2.45) is 0 Å². The van der Waals surface area contributed by atoms with Crippen molar-refractivity contribution in [1.29, 1.82) is 5.26 Å². The molecule has 0 saturated heterocycles. The minimum Gasteiger partial charge on any atom is -0.296 e. The van der Waals surface area contributed by atoms with E-state index in [1.807, 2.05) is 28.8 Å². The van der Waals surface area contributed by atoms with Gasteiger partial charge >= 0.3 is 0 Å². The third kappa shape index (κ3) is 2.73. The van der Waals surface area contributed by atoms with Gasteiger partial charge in [-0.25, -0.2) is 0 Å². The number of nitriles is 1. The van der Waals surface area contributed by atoms with E-state index in [4.69, 9.17) is 17.5 Å². The molecule has 6 heteroatoms. The van der Waals surface area contributed by atoms with Crippen LogP contribution in [0.25, 0.3) is 11.4 Å². The molecule has 1 N–H and O–H groups in total. The fourth-order valence-corrected chi connectivity index (χ4v) is 2.24. The molecular weight excluding hydrogens is 282 g/mol. The highest BCUT2D eigenvalue weighted by molar-refractivity contribution is 7.71. The summed E-state index contributed by atoms with van der Waals surface area (Å²) in [7, 11) is 0. The van der Waals surface area contributed by atoms with E-state index in [0.29, 0.717) is 16.9 Å². The summed E-state index contributed by atoms with van der Waals surface area (Å²) in [6.45, 7) is 0.589. The zero-order chi connectivity index (χ0) is 14.7. The van der Waals surface area contributed by atoms with Gasteiger partial charge in [-0.2, -0.15) is 10.4 Å².